The third-order valence-electron chi connectivity index (χ3n) is 11.6. The van der Waals surface area contributed by atoms with E-state index in [0.29, 0.717) is 0 Å². The number of hydrogen-bond acceptors (Lipinski definition) is 3. The van der Waals surface area contributed by atoms with Gasteiger partial charge in [-0.05, 0) is 71.9 Å². The Bertz CT molecular complexity index is 3320. The molecule has 0 saturated carbocycles. The standard InChI is InChI=1S/C54H36N3P/c55-58(40-21-6-2-7-22-40,41-23-8-3-9-24-41)42-25-16-20-37(33-42)50-44-27-12-14-29-46(44)51(47-30-15-13-28-45(47)50)38-31-32-48-49(34-38)57-53(36-17-4-1-5-18-36)54-52(48)43-26-11-10-19-39(43)35-56-54/h1-35,55H. The van der Waals surface area contributed by atoms with Crippen LogP contribution in [0.2, 0.25) is 0 Å². The molecular weight excluding hydrogens is 722 g/mol. The first-order valence-electron chi connectivity index (χ1n) is 19.6. The van der Waals surface area contributed by atoms with Crippen molar-refractivity contribution in [3.05, 3.63) is 212 Å². The van der Waals surface area contributed by atoms with E-state index in [0.717, 1.165) is 65.5 Å². The van der Waals surface area contributed by atoms with Crippen LogP contribution in [0, 0.1) is 5.16 Å². The monoisotopic (exact) mass is 757 g/mol. The van der Waals surface area contributed by atoms with Gasteiger partial charge in [0.15, 0.2) is 0 Å². The van der Waals surface area contributed by atoms with Crippen molar-refractivity contribution in [3.63, 3.8) is 0 Å². The highest BCUT2D eigenvalue weighted by molar-refractivity contribution is 7.86. The SMILES string of the molecule is N=P(c1ccccc1)(c1ccccc1)c1cccc(-c2c3ccccc3c(-c3ccc4c(c3)nc(-c3ccccc3)c3ncc5ccccc5c34)c3ccccc23)c1. The van der Waals surface area contributed by atoms with Gasteiger partial charge >= 0.3 is 0 Å². The zero-order valence-electron chi connectivity index (χ0n) is 31.5. The molecular formula is C54H36N3P. The van der Waals surface area contributed by atoms with E-state index in [2.05, 4.69) is 188 Å². The maximum Gasteiger partial charge on any atom is 0.0978 e. The summed E-state index contributed by atoms with van der Waals surface area (Å²) in [6.45, 7) is 0. The predicted molar refractivity (Wildman–Crippen MR) is 247 cm³/mol. The highest BCUT2D eigenvalue weighted by atomic mass is 31.2. The van der Waals surface area contributed by atoms with Gasteiger partial charge in [-0.1, -0.05) is 194 Å². The van der Waals surface area contributed by atoms with Crippen LogP contribution < -0.4 is 15.9 Å². The topological polar surface area (TPSA) is 49.6 Å². The second kappa shape index (κ2) is 13.8. The van der Waals surface area contributed by atoms with E-state index in [1.54, 1.807) is 0 Å². The molecule has 1 N–H and O–H groups in total. The summed E-state index contributed by atoms with van der Waals surface area (Å²) >= 11 is 0. The van der Waals surface area contributed by atoms with Crippen molar-refractivity contribution in [1.82, 2.24) is 9.97 Å². The minimum Gasteiger partial charge on any atom is -0.305 e. The first-order valence-corrected chi connectivity index (χ1v) is 21.4. The van der Waals surface area contributed by atoms with E-state index in [1.165, 1.54) is 38.1 Å². The lowest BCUT2D eigenvalue weighted by Crippen LogP contribution is -2.24. The molecule has 0 spiro atoms. The van der Waals surface area contributed by atoms with Crippen molar-refractivity contribution in [3.8, 4) is 33.5 Å². The van der Waals surface area contributed by atoms with E-state index in [1.807, 2.05) is 24.4 Å². The van der Waals surface area contributed by atoms with Gasteiger partial charge in [0.05, 0.1) is 23.8 Å². The fourth-order valence-corrected chi connectivity index (χ4v) is 11.7. The fraction of sp³-hybridized carbons (Fsp3) is 0. The molecule has 3 nitrogen and oxygen atoms in total. The molecule has 2 heterocycles. The van der Waals surface area contributed by atoms with E-state index >= 15 is 0 Å². The summed E-state index contributed by atoms with van der Waals surface area (Å²) < 4.78 is 0. The maximum absolute atomic E-state index is 10.3. The summed E-state index contributed by atoms with van der Waals surface area (Å²) in [5, 5.41) is 22.6. The molecule has 0 bridgehead atoms. The van der Waals surface area contributed by atoms with Crippen LogP contribution in [0.4, 0.5) is 0 Å². The summed E-state index contributed by atoms with van der Waals surface area (Å²) in [6, 6.07) is 72.8. The van der Waals surface area contributed by atoms with E-state index in [4.69, 9.17) is 9.97 Å². The molecule has 0 radical (unpaired) electrons. The molecule has 272 valence electrons. The van der Waals surface area contributed by atoms with Crippen LogP contribution in [-0.2, 0) is 0 Å². The summed E-state index contributed by atoms with van der Waals surface area (Å²) in [6.07, 6.45) is 1.97. The van der Waals surface area contributed by atoms with Crippen LogP contribution in [-0.4, -0.2) is 9.97 Å². The molecule has 4 heteroatoms. The molecule has 2 aromatic heterocycles. The fourth-order valence-electron chi connectivity index (χ4n) is 8.95. The average molecular weight is 758 g/mol. The van der Waals surface area contributed by atoms with Crippen LogP contribution in [0.1, 0.15) is 0 Å². The molecule has 58 heavy (non-hydrogen) atoms. The van der Waals surface area contributed by atoms with Crippen molar-refractivity contribution in [2.75, 3.05) is 0 Å². The van der Waals surface area contributed by atoms with Gasteiger partial charge in [-0.15, -0.1) is 0 Å². The Kier molecular flexibility index (Phi) is 8.10. The zero-order valence-corrected chi connectivity index (χ0v) is 32.4. The summed E-state index contributed by atoms with van der Waals surface area (Å²) in [5.74, 6) is 0. The van der Waals surface area contributed by atoms with Gasteiger partial charge in [0.2, 0.25) is 0 Å². The molecule has 0 atom stereocenters. The Balaban J connectivity index is 1.16. The highest BCUT2D eigenvalue weighted by Gasteiger charge is 2.26. The highest BCUT2D eigenvalue weighted by Crippen LogP contribution is 2.47. The maximum atomic E-state index is 10.3. The molecule has 0 unspecified atom stereocenters. The second-order valence-corrected chi connectivity index (χ2v) is 17.8. The number of nitrogens with zero attached hydrogens (tertiary/aromatic N) is 2. The van der Waals surface area contributed by atoms with Crippen LogP contribution in [0.25, 0.3) is 87.6 Å². The Hall–Kier alpha value is -7.19. The van der Waals surface area contributed by atoms with Crippen molar-refractivity contribution in [2.45, 2.75) is 0 Å². The normalized spacial score (nSPS) is 11.9. The number of fused-ring (bicyclic) bond motifs is 7. The molecule has 11 aromatic rings. The van der Waals surface area contributed by atoms with Crippen molar-refractivity contribution >= 4 is 77.1 Å². The lowest BCUT2D eigenvalue weighted by Gasteiger charge is -2.25. The molecule has 0 fully saturated rings. The third kappa shape index (κ3) is 5.39. The Morgan fingerprint density at radius 1 is 0.379 bits per heavy atom. The van der Waals surface area contributed by atoms with Crippen LogP contribution in [0.5, 0.6) is 0 Å². The van der Waals surface area contributed by atoms with Crippen LogP contribution >= 0.6 is 7.05 Å². The molecule has 0 aliphatic carbocycles. The molecule has 0 amide bonds. The number of pyridine rings is 2. The minimum atomic E-state index is -2.70. The van der Waals surface area contributed by atoms with E-state index in [9.17, 15) is 5.16 Å². The number of rotatable bonds is 6. The van der Waals surface area contributed by atoms with Crippen LogP contribution in [0.15, 0.2) is 212 Å². The molecule has 11 rings (SSSR count). The smallest absolute Gasteiger partial charge is 0.0978 e. The molecule has 0 saturated heterocycles. The largest absolute Gasteiger partial charge is 0.305 e. The quantitative estimate of drug-likeness (QED) is 0.104. The Morgan fingerprint density at radius 3 is 1.47 bits per heavy atom. The lowest BCUT2D eigenvalue weighted by atomic mass is 9.85. The number of hydrogen-bond donors (Lipinski definition) is 1. The lowest BCUT2D eigenvalue weighted by molar-refractivity contribution is 1.37. The number of nitrogens with one attached hydrogen (secondary N) is 1. The van der Waals surface area contributed by atoms with E-state index < -0.39 is 7.05 Å². The third-order valence-corrected chi connectivity index (χ3v) is 14.8. The number of benzene rings is 9. The van der Waals surface area contributed by atoms with Gasteiger partial charge in [0, 0.05) is 33.2 Å². The summed E-state index contributed by atoms with van der Waals surface area (Å²) in [5.41, 5.74) is 8.36. The Labute approximate surface area is 336 Å². The Morgan fingerprint density at radius 2 is 0.862 bits per heavy atom. The van der Waals surface area contributed by atoms with Crippen LogP contribution in [0.3, 0.4) is 0 Å². The first-order chi connectivity index (χ1) is 28.7. The van der Waals surface area contributed by atoms with Crippen molar-refractivity contribution in [2.24, 2.45) is 0 Å². The number of aromatic nitrogens is 2. The average Bonchev–Trinajstić information content (AvgIpc) is 3.30. The zero-order chi connectivity index (χ0) is 38.6. The van der Waals surface area contributed by atoms with Gasteiger partial charge < -0.3 is 5.16 Å². The first kappa shape index (κ1) is 34.1. The molecule has 0 aliphatic rings. The van der Waals surface area contributed by atoms with Gasteiger partial charge in [-0.3, -0.25) is 4.98 Å². The minimum absolute atomic E-state index is 0.885. The van der Waals surface area contributed by atoms with Crippen molar-refractivity contribution < 1.29 is 0 Å². The molecule has 9 aromatic carbocycles. The second-order valence-electron chi connectivity index (χ2n) is 14.9. The van der Waals surface area contributed by atoms with Crippen molar-refractivity contribution in [1.29, 1.82) is 5.16 Å². The van der Waals surface area contributed by atoms with Gasteiger partial charge in [0.1, 0.15) is 0 Å². The van der Waals surface area contributed by atoms with E-state index in [-0.39, 0.29) is 0 Å². The summed E-state index contributed by atoms with van der Waals surface area (Å²) in [4.78, 5) is 10.4. The summed E-state index contributed by atoms with van der Waals surface area (Å²) in [7, 11) is -2.70. The predicted octanol–water partition coefficient (Wildman–Crippen LogP) is 13.3. The van der Waals surface area contributed by atoms with Gasteiger partial charge in [0.25, 0.3) is 0 Å². The molecule has 0 aliphatic heterocycles. The van der Waals surface area contributed by atoms with Gasteiger partial charge in [-0.2, -0.15) is 0 Å². The van der Waals surface area contributed by atoms with Gasteiger partial charge in [-0.25, -0.2) is 4.98 Å².